The van der Waals surface area contributed by atoms with Crippen molar-refractivity contribution in [3.63, 3.8) is 0 Å². The van der Waals surface area contributed by atoms with Crippen molar-refractivity contribution in [2.75, 3.05) is 6.61 Å². The summed E-state index contributed by atoms with van der Waals surface area (Å²) in [6.45, 7) is 7.14. The number of ether oxygens (including phenoxy) is 1. The molecule has 0 spiro atoms. The van der Waals surface area contributed by atoms with Crippen LogP contribution < -0.4 is 4.74 Å². The van der Waals surface area contributed by atoms with Gasteiger partial charge in [-0.25, -0.2) is 0 Å². The highest BCUT2D eigenvalue weighted by molar-refractivity contribution is 5.96. The monoisotopic (exact) mass is 248 g/mol. The van der Waals surface area contributed by atoms with Crippen molar-refractivity contribution in [3.8, 4) is 5.75 Å². The van der Waals surface area contributed by atoms with Gasteiger partial charge in [0.2, 0.25) is 0 Å². The summed E-state index contributed by atoms with van der Waals surface area (Å²) in [6.07, 6.45) is 3.69. The fourth-order valence-corrected chi connectivity index (χ4v) is 1.79. The lowest BCUT2D eigenvalue weighted by Crippen LogP contribution is -2.01. The third kappa shape index (κ3) is 5.35. The van der Waals surface area contributed by atoms with Gasteiger partial charge in [-0.2, -0.15) is 0 Å². The van der Waals surface area contributed by atoms with Gasteiger partial charge in [0.05, 0.1) is 6.61 Å². The van der Waals surface area contributed by atoms with E-state index < -0.39 is 0 Å². The number of hydrogen-bond donors (Lipinski definition) is 0. The summed E-state index contributed by atoms with van der Waals surface area (Å²) in [6, 6.07) is 7.52. The Hall–Kier alpha value is -1.31. The molecule has 0 aliphatic carbocycles. The highest BCUT2D eigenvalue weighted by Gasteiger charge is 2.07. The van der Waals surface area contributed by atoms with Crippen molar-refractivity contribution in [1.82, 2.24) is 0 Å². The molecule has 2 nitrogen and oxygen atoms in total. The lowest BCUT2D eigenvalue weighted by molar-refractivity contribution is 0.0978. The second-order valence-corrected chi connectivity index (χ2v) is 5.09. The van der Waals surface area contributed by atoms with Crippen molar-refractivity contribution >= 4 is 5.78 Å². The van der Waals surface area contributed by atoms with E-state index in [1.807, 2.05) is 24.3 Å². The summed E-state index contributed by atoms with van der Waals surface area (Å²) in [5.41, 5.74) is 0.771. The minimum absolute atomic E-state index is 0.220. The van der Waals surface area contributed by atoms with Gasteiger partial charge in [-0.15, -0.1) is 0 Å². The number of carbonyl (C=O) groups is 1. The lowest BCUT2D eigenvalue weighted by Gasteiger charge is -2.07. The SMILES string of the molecule is CCCOc1cccc(C(=O)CCCC(C)C)c1. The van der Waals surface area contributed by atoms with E-state index >= 15 is 0 Å². The van der Waals surface area contributed by atoms with Gasteiger partial charge in [-0.1, -0.05) is 39.3 Å². The van der Waals surface area contributed by atoms with Crippen LogP contribution in [0.3, 0.4) is 0 Å². The van der Waals surface area contributed by atoms with Crippen LogP contribution in [-0.2, 0) is 0 Å². The first-order chi connectivity index (χ1) is 8.63. The van der Waals surface area contributed by atoms with Gasteiger partial charge < -0.3 is 4.74 Å². The van der Waals surface area contributed by atoms with Crippen molar-refractivity contribution in [2.45, 2.75) is 46.5 Å². The highest BCUT2D eigenvalue weighted by atomic mass is 16.5. The Kier molecular flexibility index (Phi) is 6.48. The maximum Gasteiger partial charge on any atom is 0.163 e. The van der Waals surface area contributed by atoms with E-state index in [1.54, 1.807) is 0 Å². The quantitative estimate of drug-likeness (QED) is 0.634. The van der Waals surface area contributed by atoms with Gasteiger partial charge in [0, 0.05) is 12.0 Å². The van der Waals surface area contributed by atoms with Crippen molar-refractivity contribution in [3.05, 3.63) is 29.8 Å². The van der Waals surface area contributed by atoms with Gasteiger partial charge in [0.1, 0.15) is 5.75 Å². The number of carbonyl (C=O) groups excluding carboxylic acids is 1. The first-order valence-electron chi connectivity index (χ1n) is 6.89. The minimum Gasteiger partial charge on any atom is -0.494 e. The van der Waals surface area contributed by atoms with E-state index in [4.69, 9.17) is 4.74 Å². The number of Topliss-reactive ketones (excluding diaryl/α,β-unsaturated/α-hetero) is 1. The van der Waals surface area contributed by atoms with Crippen LogP contribution in [0, 0.1) is 5.92 Å². The molecule has 0 amide bonds. The zero-order valence-corrected chi connectivity index (χ0v) is 11.7. The maximum atomic E-state index is 12.0. The smallest absolute Gasteiger partial charge is 0.163 e. The van der Waals surface area contributed by atoms with Crippen molar-refractivity contribution < 1.29 is 9.53 Å². The normalized spacial score (nSPS) is 10.7. The molecule has 0 aromatic heterocycles. The molecule has 0 atom stereocenters. The van der Waals surface area contributed by atoms with Gasteiger partial charge in [-0.3, -0.25) is 4.79 Å². The Bertz CT molecular complexity index is 369. The molecule has 0 saturated carbocycles. The van der Waals surface area contributed by atoms with E-state index in [9.17, 15) is 4.79 Å². The van der Waals surface area contributed by atoms with Crippen molar-refractivity contribution in [2.24, 2.45) is 5.92 Å². The summed E-state index contributed by atoms with van der Waals surface area (Å²) in [5, 5.41) is 0. The zero-order chi connectivity index (χ0) is 13.4. The number of benzene rings is 1. The van der Waals surface area contributed by atoms with E-state index in [-0.39, 0.29) is 5.78 Å². The van der Waals surface area contributed by atoms with E-state index in [0.29, 0.717) is 18.9 Å². The Labute approximate surface area is 110 Å². The molecule has 1 aromatic rings. The van der Waals surface area contributed by atoms with Crippen LogP contribution in [-0.4, -0.2) is 12.4 Å². The van der Waals surface area contributed by atoms with Crippen LogP contribution in [0.2, 0.25) is 0 Å². The largest absolute Gasteiger partial charge is 0.494 e. The Balaban J connectivity index is 2.51. The van der Waals surface area contributed by atoms with Crippen LogP contribution in [0.4, 0.5) is 0 Å². The molecule has 100 valence electrons. The van der Waals surface area contributed by atoms with Crippen LogP contribution in [0.1, 0.15) is 56.8 Å². The third-order valence-corrected chi connectivity index (χ3v) is 2.81. The summed E-state index contributed by atoms with van der Waals surface area (Å²) in [4.78, 5) is 12.0. The molecule has 0 unspecified atom stereocenters. The minimum atomic E-state index is 0.220. The van der Waals surface area contributed by atoms with Gasteiger partial charge in [0.25, 0.3) is 0 Å². The topological polar surface area (TPSA) is 26.3 Å². The standard InChI is InChI=1S/C16H24O2/c1-4-11-18-15-9-6-8-14(12-15)16(17)10-5-7-13(2)3/h6,8-9,12-13H,4-5,7,10-11H2,1-3H3. The highest BCUT2D eigenvalue weighted by Crippen LogP contribution is 2.16. The molecule has 1 aromatic carbocycles. The van der Waals surface area contributed by atoms with E-state index in [2.05, 4.69) is 20.8 Å². The van der Waals surface area contributed by atoms with Gasteiger partial charge in [-0.05, 0) is 30.9 Å². The Morgan fingerprint density at radius 3 is 2.78 bits per heavy atom. The summed E-state index contributed by atoms with van der Waals surface area (Å²) in [7, 11) is 0. The predicted molar refractivity (Wildman–Crippen MR) is 75.2 cm³/mol. The third-order valence-electron chi connectivity index (χ3n) is 2.81. The molecular weight excluding hydrogens is 224 g/mol. The molecule has 0 heterocycles. The molecule has 18 heavy (non-hydrogen) atoms. The van der Waals surface area contributed by atoms with E-state index in [1.165, 1.54) is 0 Å². The molecule has 0 aliphatic rings. The van der Waals surface area contributed by atoms with Crippen LogP contribution in [0.25, 0.3) is 0 Å². The summed E-state index contributed by atoms with van der Waals surface area (Å²) in [5.74, 6) is 1.68. The molecule has 0 fully saturated rings. The Morgan fingerprint density at radius 2 is 2.11 bits per heavy atom. The maximum absolute atomic E-state index is 12.0. The van der Waals surface area contributed by atoms with Crippen LogP contribution in [0.15, 0.2) is 24.3 Å². The lowest BCUT2D eigenvalue weighted by atomic mass is 10.0. The molecular formula is C16H24O2. The predicted octanol–water partition coefficient (Wildman–Crippen LogP) is 4.48. The van der Waals surface area contributed by atoms with Gasteiger partial charge in [0.15, 0.2) is 5.78 Å². The second-order valence-electron chi connectivity index (χ2n) is 5.09. The second kappa shape index (κ2) is 7.91. The summed E-state index contributed by atoms with van der Waals surface area (Å²) >= 11 is 0. The fourth-order valence-electron chi connectivity index (χ4n) is 1.79. The molecule has 0 bridgehead atoms. The summed E-state index contributed by atoms with van der Waals surface area (Å²) < 4.78 is 5.54. The fraction of sp³-hybridized carbons (Fsp3) is 0.562. The number of rotatable bonds is 8. The number of hydrogen-bond acceptors (Lipinski definition) is 2. The van der Waals surface area contributed by atoms with Gasteiger partial charge >= 0.3 is 0 Å². The van der Waals surface area contributed by atoms with E-state index in [0.717, 1.165) is 30.6 Å². The molecule has 0 radical (unpaired) electrons. The zero-order valence-electron chi connectivity index (χ0n) is 11.7. The molecule has 0 N–H and O–H groups in total. The molecule has 0 saturated heterocycles. The first kappa shape index (κ1) is 14.7. The average Bonchev–Trinajstić information content (AvgIpc) is 2.36. The molecule has 2 heteroatoms. The number of ketones is 1. The Morgan fingerprint density at radius 1 is 1.33 bits per heavy atom. The van der Waals surface area contributed by atoms with Crippen LogP contribution in [0.5, 0.6) is 5.75 Å². The molecule has 0 aliphatic heterocycles. The molecule has 1 rings (SSSR count). The van der Waals surface area contributed by atoms with Crippen LogP contribution >= 0.6 is 0 Å². The first-order valence-corrected chi connectivity index (χ1v) is 6.89. The average molecular weight is 248 g/mol. The van der Waals surface area contributed by atoms with Crippen molar-refractivity contribution in [1.29, 1.82) is 0 Å².